The summed E-state index contributed by atoms with van der Waals surface area (Å²) in [6, 6.07) is 0. The van der Waals surface area contributed by atoms with Gasteiger partial charge < -0.3 is 9.80 Å². The Hall–Kier alpha value is -1.73. The summed E-state index contributed by atoms with van der Waals surface area (Å²) in [5.41, 5.74) is 2.00. The number of rotatable bonds is 5. The molecule has 0 N–H and O–H groups in total. The molecule has 1 fully saturated rings. The average molecular weight is 321 g/mol. The van der Waals surface area contributed by atoms with Gasteiger partial charge in [0.1, 0.15) is 12.1 Å². The predicted molar refractivity (Wildman–Crippen MR) is 89.3 cm³/mol. The Balaban J connectivity index is 2.22. The molecular weight excluding hydrogens is 294 g/mol. The molecule has 23 heavy (non-hydrogen) atoms. The number of carbonyl (C=O) groups excluding carboxylic acids is 1. The normalized spacial score (nSPS) is 17.2. The molecule has 0 bridgehead atoms. The Bertz CT molecular complexity index is 543. The van der Waals surface area contributed by atoms with Crippen LogP contribution in [0.5, 0.6) is 0 Å². The molecular formula is C16H27N5O2. The molecule has 7 heteroatoms. The van der Waals surface area contributed by atoms with Gasteiger partial charge in [-0.3, -0.25) is 9.63 Å². The molecule has 2 heterocycles. The van der Waals surface area contributed by atoms with E-state index in [1.165, 1.54) is 12.2 Å². The molecule has 0 aromatic carbocycles. The number of piperazine rings is 1. The molecule has 128 valence electrons. The van der Waals surface area contributed by atoms with Crippen molar-refractivity contribution >= 4 is 11.7 Å². The van der Waals surface area contributed by atoms with E-state index >= 15 is 0 Å². The molecule has 2 rings (SSSR count). The molecule has 1 aromatic heterocycles. The fourth-order valence-electron chi connectivity index (χ4n) is 2.91. The highest BCUT2D eigenvalue weighted by atomic mass is 16.7. The second kappa shape index (κ2) is 7.70. The van der Waals surface area contributed by atoms with Gasteiger partial charge in [0.05, 0.1) is 7.11 Å². The molecule has 1 atom stereocenters. The Labute approximate surface area is 138 Å². The fraction of sp³-hybridized carbons (Fsp3) is 0.688. The van der Waals surface area contributed by atoms with Crippen molar-refractivity contribution in [1.29, 1.82) is 0 Å². The molecule has 0 radical (unpaired) electrons. The Morgan fingerprint density at radius 2 is 2.00 bits per heavy atom. The van der Waals surface area contributed by atoms with Gasteiger partial charge in [0.15, 0.2) is 0 Å². The van der Waals surface area contributed by atoms with Gasteiger partial charge in [-0.1, -0.05) is 6.92 Å². The Morgan fingerprint density at radius 1 is 1.35 bits per heavy atom. The van der Waals surface area contributed by atoms with Gasteiger partial charge in [-0.05, 0) is 19.9 Å². The zero-order chi connectivity index (χ0) is 17.0. The number of hydrogen-bond acceptors (Lipinski definition) is 6. The van der Waals surface area contributed by atoms with E-state index in [0.717, 1.165) is 43.3 Å². The van der Waals surface area contributed by atoms with Crippen molar-refractivity contribution in [1.82, 2.24) is 19.9 Å². The number of likely N-dealkylation sites (N-methyl/N-ethyl adjacent to an activating group) is 1. The van der Waals surface area contributed by atoms with E-state index in [1.54, 1.807) is 13.4 Å². The minimum atomic E-state index is -0.0485. The van der Waals surface area contributed by atoms with Crippen molar-refractivity contribution in [2.24, 2.45) is 0 Å². The number of hydrogen-bond donors (Lipinski definition) is 0. The highest BCUT2D eigenvalue weighted by Gasteiger charge is 2.25. The van der Waals surface area contributed by atoms with E-state index in [9.17, 15) is 4.79 Å². The first kappa shape index (κ1) is 17.6. The van der Waals surface area contributed by atoms with Crippen LogP contribution in [0.1, 0.15) is 30.5 Å². The summed E-state index contributed by atoms with van der Waals surface area (Å²) in [4.78, 5) is 30.6. The summed E-state index contributed by atoms with van der Waals surface area (Å²) >= 11 is 0. The monoisotopic (exact) mass is 321 g/mol. The number of aryl methyl sites for hydroxylation is 1. The first-order valence-electron chi connectivity index (χ1n) is 7.99. The maximum absolute atomic E-state index is 12.1. The van der Waals surface area contributed by atoms with Crippen molar-refractivity contribution in [3.63, 3.8) is 0 Å². The molecule has 1 aromatic rings. The van der Waals surface area contributed by atoms with Crippen molar-refractivity contribution in [3.8, 4) is 0 Å². The Morgan fingerprint density at radius 3 is 2.61 bits per heavy atom. The van der Waals surface area contributed by atoms with E-state index < -0.39 is 0 Å². The van der Waals surface area contributed by atoms with Crippen LogP contribution < -0.4 is 4.90 Å². The lowest BCUT2D eigenvalue weighted by molar-refractivity contribution is -0.169. The van der Waals surface area contributed by atoms with Gasteiger partial charge in [0.25, 0.3) is 0 Å². The predicted octanol–water partition coefficient (Wildman–Crippen LogP) is 1.05. The summed E-state index contributed by atoms with van der Waals surface area (Å²) in [6.45, 7) is 7.95. The highest BCUT2D eigenvalue weighted by molar-refractivity contribution is 5.76. The molecule has 1 aliphatic rings. The molecule has 7 nitrogen and oxygen atoms in total. The van der Waals surface area contributed by atoms with Crippen LogP contribution in [0.3, 0.4) is 0 Å². The maximum Gasteiger partial charge on any atom is 0.246 e. The van der Waals surface area contributed by atoms with Crippen LogP contribution in [0.2, 0.25) is 0 Å². The zero-order valence-corrected chi connectivity index (χ0v) is 14.7. The zero-order valence-electron chi connectivity index (χ0n) is 14.7. The number of amides is 1. The van der Waals surface area contributed by atoms with Crippen molar-refractivity contribution in [2.75, 3.05) is 52.3 Å². The molecule has 0 saturated carbocycles. The summed E-state index contributed by atoms with van der Waals surface area (Å²) in [6.07, 6.45) is 1.99. The average Bonchev–Trinajstić information content (AvgIpc) is 2.54. The smallest absolute Gasteiger partial charge is 0.246 e. The maximum atomic E-state index is 12.1. The van der Waals surface area contributed by atoms with Crippen LogP contribution in [-0.4, -0.2) is 73.2 Å². The van der Waals surface area contributed by atoms with Gasteiger partial charge >= 0.3 is 0 Å². The summed E-state index contributed by atoms with van der Waals surface area (Å²) in [7, 11) is 5.26. The van der Waals surface area contributed by atoms with Crippen LogP contribution in [0.25, 0.3) is 0 Å². The van der Waals surface area contributed by atoms with Crippen molar-refractivity contribution < 1.29 is 9.63 Å². The molecule has 0 spiro atoms. The van der Waals surface area contributed by atoms with Crippen LogP contribution >= 0.6 is 0 Å². The number of nitrogens with zero attached hydrogens (tertiary/aromatic N) is 5. The van der Waals surface area contributed by atoms with Crippen molar-refractivity contribution in [2.45, 2.75) is 26.2 Å². The first-order chi connectivity index (χ1) is 10.9. The van der Waals surface area contributed by atoms with Gasteiger partial charge in [0, 0.05) is 50.9 Å². The Kier molecular flexibility index (Phi) is 5.90. The lowest BCUT2D eigenvalue weighted by atomic mass is 9.95. The van der Waals surface area contributed by atoms with E-state index in [0.29, 0.717) is 6.42 Å². The lowest BCUT2D eigenvalue weighted by Gasteiger charge is -2.35. The second-order valence-corrected chi connectivity index (χ2v) is 6.17. The van der Waals surface area contributed by atoms with Gasteiger partial charge in [-0.25, -0.2) is 15.0 Å². The minimum absolute atomic E-state index is 0.0379. The third-order valence-electron chi connectivity index (χ3n) is 4.46. The van der Waals surface area contributed by atoms with Crippen LogP contribution in [0.4, 0.5) is 5.82 Å². The molecule has 1 unspecified atom stereocenters. The topological polar surface area (TPSA) is 61.8 Å². The molecule has 0 aliphatic carbocycles. The largest absolute Gasteiger partial charge is 0.354 e. The quantitative estimate of drug-likeness (QED) is 0.756. The minimum Gasteiger partial charge on any atom is -0.354 e. The number of carbonyl (C=O) groups is 1. The van der Waals surface area contributed by atoms with E-state index in [4.69, 9.17) is 4.84 Å². The van der Waals surface area contributed by atoms with E-state index in [-0.39, 0.29) is 11.8 Å². The third kappa shape index (κ3) is 4.17. The number of hydroxylamine groups is 2. The second-order valence-electron chi connectivity index (χ2n) is 6.17. The standard InChI is InChI=1S/C16H27N5O2/c1-12(10-14(22)20(4)23-5)15-13(2)17-11-18-16(15)21-8-6-19(3)7-9-21/h11-12H,6-10H2,1-5H3. The van der Waals surface area contributed by atoms with Gasteiger partial charge in [-0.2, -0.15) is 0 Å². The van der Waals surface area contributed by atoms with Crippen LogP contribution in [-0.2, 0) is 9.63 Å². The SMILES string of the molecule is CON(C)C(=O)CC(C)c1c(C)ncnc1N1CCN(C)CC1. The summed E-state index contributed by atoms with van der Waals surface area (Å²) in [5, 5.41) is 1.27. The van der Waals surface area contributed by atoms with E-state index in [1.807, 2.05) is 13.8 Å². The summed E-state index contributed by atoms with van der Waals surface area (Å²) < 4.78 is 0. The molecule has 1 amide bonds. The molecule has 1 aliphatic heterocycles. The number of anilines is 1. The third-order valence-corrected chi connectivity index (χ3v) is 4.46. The summed E-state index contributed by atoms with van der Waals surface area (Å²) in [5.74, 6) is 0.953. The lowest BCUT2D eigenvalue weighted by Crippen LogP contribution is -2.45. The first-order valence-corrected chi connectivity index (χ1v) is 7.99. The van der Waals surface area contributed by atoms with Crippen LogP contribution in [0, 0.1) is 6.92 Å². The van der Waals surface area contributed by atoms with Gasteiger partial charge in [-0.15, -0.1) is 0 Å². The highest BCUT2D eigenvalue weighted by Crippen LogP contribution is 2.30. The van der Waals surface area contributed by atoms with Crippen LogP contribution in [0.15, 0.2) is 6.33 Å². The molecule has 1 saturated heterocycles. The van der Waals surface area contributed by atoms with Gasteiger partial charge in [0.2, 0.25) is 5.91 Å². The van der Waals surface area contributed by atoms with Crippen molar-refractivity contribution in [3.05, 3.63) is 17.6 Å². The fourth-order valence-corrected chi connectivity index (χ4v) is 2.91. The van der Waals surface area contributed by atoms with E-state index in [2.05, 4.69) is 26.8 Å². The number of aromatic nitrogens is 2.